The van der Waals surface area contributed by atoms with Crippen molar-refractivity contribution in [3.8, 4) is 5.69 Å². The first kappa shape index (κ1) is 19.8. The summed E-state index contributed by atoms with van der Waals surface area (Å²) in [5, 5.41) is 12.0. The van der Waals surface area contributed by atoms with E-state index in [2.05, 4.69) is 20.6 Å². The Morgan fingerprint density at radius 1 is 1.20 bits per heavy atom. The zero-order valence-corrected chi connectivity index (χ0v) is 17.1. The third kappa shape index (κ3) is 4.41. The number of halogens is 1. The number of amides is 1. The average Bonchev–Trinajstić information content (AvgIpc) is 3.43. The van der Waals surface area contributed by atoms with Crippen LogP contribution in [0.2, 0.25) is 5.02 Å². The summed E-state index contributed by atoms with van der Waals surface area (Å²) in [6.07, 6.45) is 4.75. The highest BCUT2D eigenvalue weighted by molar-refractivity contribution is 6.30. The van der Waals surface area contributed by atoms with Crippen LogP contribution in [0.1, 0.15) is 47.0 Å². The molecular weight excluding hydrogens is 402 g/mol. The predicted octanol–water partition coefficient (Wildman–Crippen LogP) is 4.38. The molecule has 2 heterocycles. The maximum atomic E-state index is 13.0. The number of aromatic nitrogens is 4. The van der Waals surface area contributed by atoms with Gasteiger partial charge in [0.25, 0.3) is 5.91 Å². The minimum Gasteiger partial charge on any atom is -0.339 e. The second-order valence-corrected chi connectivity index (χ2v) is 7.20. The predicted molar refractivity (Wildman–Crippen MR) is 113 cm³/mol. The number of hydrogen-bond donors (Lipinski definition) is 1. The summed E-state index contributed by atoms with van der Waals surface area (Å²) >= 11 is 6.05. The van der Waals surface area contributed by atoms with E-state index in [1.807, 2.05) is 49.4 Å². The summed E-state index contributed by atoms with van der Waals surface area (Å²) in [5.74, 6) is 0.677. The first-order valence-electron chi connectivity index (χ1n) is 9.63. The molecule has 1 N–H and O–H groups in total. The third-order valence-corrected chi connectivity index (χ3v) is 4.77. The molecule has 2 aromatic heterocycles. The van der Waals surface area contributed by atoms with Crippen molar-refractivity contribution in [2.75, 3.05) is 0 Å². The molecule has 0 spiro atoms. The molecule has 8 heteroatoms. The van der Waals surface area contributed by atoms with Gasteiger partial charge < -0.3 is 9.84 Å². The van der Waals surface area contributed by atoms with Gasteiger partial charge in [-0.1, -0.05) is 60.1 Å². The van der Waals surface area contributed by atoms with Crippen molar-refractivity contribution in [3.05, 3.63) is 94.9 Å². The number of benzene rings is 2. The second-order valence-electron chi connectivity index (χ2n) is 6.77. The molecule has 2 aromatic carbocycles. The molecule has 1 atom stereocenters. The van der Waals surface area contributed by atoms with Crippen molar-refractivity contribution in [1.82, 2.24) is 25.2 Å². The molecule has 4 aromatic rings. The molecule has 0 radical (unpaired) electrons. The van der Waals surface area contributed by atoms with Crippen molar-refractivity contribution in [3.63, 3.8) is 0 Å². The van der Waals surface area contributed by atoms with Crippen LogP contribution in [0.5, 0.6) is 0 Å². The Kier molecular flexibility index (Phi) is 5.90. The highest BCUT2D eigenvalue weighted by Gasteiger charge is 2.23. The Balaban J connectivity index is 1.59. The van der Waals surface area contributed by atoms with Gasteiger partial charge in [-0.2, -0.15) is 10.1 Å². The highest BCUT2D eigenvalue weighted by Crippen LogP contribution is 2.21. The van der Waals surface area contributed by atoms with Gasteiger partial charge in [0.2, 0.25) is 5.89 Å². The van der Waals surface area contributed by atoms with Crippen molar-refractivity contribution >= 4 is 17.5 Å². The fourth-order valence-electron chi connectivity index (χ4n) is 3.06. The summed E-state index contributed by atoms with van der Waals surface area (Å²) in [7, 11) is 0. The van der Waals surface area contributed by atoms with Crippen LogP contribution in [0.15, 0.2) is 71.5 Å². The van der Waals surface area contributed by atoms with Gasteiger partial charge >= 0.3 is 0 Å². The summed E-state index contributed by atoms with van der Waals surface area (Å²) < 4.78 is 6.93. The Morgan fingerprint density at radius 3 is 2.80 bits per heavy atom. The monoisotopic (exact) mass is 421 g/mol. The lowest BCUT2D eigenvalue weighted by Gasteiger charge is -2.15. The van der Waals surface area contributed by atoms with E-state index in [9.17, 15) is 4.79 Å². The molecule has 0 bridgehead atoms. The van der Waals surface area contributed by atoms with Crippen LogP contribution in [0.4, 0.5) is 0 Å². The van der Waals surface area contributed by atoms with Gasteiger partial charge in [0.05, 0.1) is 17.4 Å². The topological polar surface area (TPSA) is 85.8 Å². The fourth-order valence-corrected chi connectivity index (χ4v) is 3.24. The second kappa shape index (κ2) is 8.92. The van der Waals surface area contributed by atoms with Crippen LogP contribution in [-0.2, 0) is 6.42 Å². The molecule has 0 saturated heterocycles. The maximum Gasteiger partial charge on any atom is 0.255 e. The van der Waals surface area contributed by atoms with Crippen LogP contribution < -0.4 is 5.32 Å². The lowest BCUT2D eigenvalue weighted by atomic mass is 10.1. The molecule has 4 rings (SSSR count). The number of nitrogens with one attached hydrogen (secondary N) is 1. The molecule has 0 aliphatic carbocycles. The van der Waals surface area contributed by atoms with Gasteiger partial charge in [0.15, 0.2) is 5.82 Å². The number of rotatable bonds is 7. The number of carbonyl (C=O) groups is 1. The zero-order chi connectivity index (χ0) is 20.9. The molecule has 7 nitrogen and oxygen atoms in total. The quantitative estimate of drug-likeness (QED) is 0.478. The Bertz CT molecular complexity index is 1140. The lowest BCUT2D eigenvalue weighted by Crippen LogP contribution is -2.30. The smallest absolute Gasteiger partial charge is 0.255 e. The van der Waals surface area contributed by atoms with Crippen LogP contribution >= 0.6 is 11.6 Å². The SMILES string of the molecule is CCCc1nc([C@@H](NC(=O)c2cnn(-c3cccc(Cl)c3)c2)c2ccccc2)no1. The van der Waals surface area contributed by atoms with E-state index in [1.54, 1.807) is 23.0 Å². The van der Waals surface area contributed by atoms with E-state index in [4.69, 9.17) is 16.1 Å². The van der Waals surface area contributed by atoms with Gasteiger partial charge in [-0.25, -0.2) is 4.68 Å². The first-order chi connectivity index (χ1) is 14.6. The zero-order valence-electron chi connectivity index (χ0n) is 16.3. The number of hydrogen-bond acceptors (Lipinski definition) is 5. The average molecular weight is 422 g/mol. The Hall–Kier alpha value is -3.45. The van der Waals surface area contributed by atoms with Gasteiger partial charge in [-0.15, -0.1) is 0 Å². The normalized spacial score (nSPS) is 11.9. The number of carbonyl (C=O) groups excluding carboxylic acids is 1. The lowest BCUT2D eigenvalue weighted by molar-refractivity contribution is 0.0941. The molecule has 0 aliphatic rings. The van der Waals surface area contributed by atoms with Crippen LogP contribution in [0.3, 0.4) is 0 Å². The van der Waals surface area contributed by atoms with E-state index < -0.39 is 6.04 Å². The Morgan fingerprint density at radius 2 is 2.03 bits per heavy atom. The van der Waals surface area contributed by atoms with Crippen molar-refractivity contribution in [2.24, 2.45) is 0 Å². The summed E-state index contributed by atoms with van der Waals surface area (Å²) in [4.78, 5) is 17.4. The molecule has 30 heavy (non-hydrogen) atoms. The first-order valence-corrected chi connectivity index (χ1v) is 10.0. The van der Waals surface area contributed by atoms with Crippen LogP contribution in [-0.4, -0.2) is 25.8 Å². The molecule has 1 amide bonds. The molecule has 0 aliphatic heterocycles. The highest BCUT2D eigenvalue weighted by atomic mass is 35.5. The van der Waals surface area contributed by atoms with Gasteiger partial charge in [-0.3, -0.25) is 4.79 Å². The third-order valence-electron chi connectivity index (χ3n) is 4.53. The van der Waals surface area contributed by atoms with Gasteiger partial charge in [0, 0.05) is 17.6 Å². The van der Waals surface area contributed by atoms with E-state index in [1.165, 1.54) is 6.20 Å². The summed E-state index contributed by atoms with van der Waals surface area (Å²) in [6, 6.07) is 16.3. The van der Waals surface area contributed by atoms with Gasteiger partial charge in [-0.05, 0) is 30.2 Å². The summed E-state index contributed by atoms with van der Waals surface area (Å²) in [6.45, 7) is 2.04. The number of aryl methyl sites for hydroxylation is 1. The van der Waals surface area contributed by atoms with Crippen LogP contribution in [0.25, 0.3) is 5.69 Å². The molecule has 152 valence electrons. The minimum atomic E-state index is -0.539. The molecule has 0 saturated carbocycles. The largest absolute Gasteiger partial charge is 0.339 e. The Labute approximate surface area is 178 Å². The van der Waals surface area contributed by atoms with E-state index in [0.717, 1.165) is 17.7 Å². The van der Waals surface area contributed by atoms with E-state index in [0.29, 0.717) is 28.7 Å². The van der Waals surface area contributed by atoms with Crippen molar-refractivity contribution in [2.45, 2.75) is 25.8 Å². The van der Waals surface area contributed by atoms with Crippen molar-refractivity contribution in [1.29, 1.82) is 0 Å². The van der Waals surface area contributed by atoms with Crippen molar-refractivity contribution < 1.29 is 9.32 Å². The van der Waals surface area contributed by atoms with Crippen LogP contribution in [0, 0.1) is 0 Å². The summed E-state index contributed by atoms with van der Waals surface area (Å²) in [5.41, 5.74) is 2.04. The van der Waals surface area contributed by atoms with Gasteiger partial charge in [0.1, 0.15) is 6.04 Å². The molecular formula is C22H20ClN5O2. The molecule has 0 fully saturated rings. The van der Waals surface area contributed by atoms with E-state index >= 15 is 0 Å². The number of nitrogens with zero attached hydrogens (tertiary/aromatic N) is 4. The standard InChI is InChI=1S/C22H20ClN5O2/c1-2-7-19-25-21(27-30-19)20(15-8-4-3-5-9-15)26-22(29)16-13-24-28(14-16)18-11-6-10-17(23)12-18/h3-6,8-14,20H,2,7H2,1H3,(H,26,29)/t20-/m0/s1. The maximum absolute atomic E-state index is 13.0. The molecule has 0 unspecified atom stereocenters. The van der Waals surface area contributed by atoms with E-state index in [-0.39, 0.29) is 5.91 Å². The minimum absolute atomic E-state index is 0.293. The fraction of sp³-hybridized carbons (Fsp3) is 0.182.